The van der Waals surface area contributed by atoms with E-state index in [1.54, 1.807) is 37.3 Å². The zero-order valence-electron chi connectivity index (χ0n) is 21.8. The summed E-state index contributed by atoms with van der Waals surface area (Å²) in [4.78, 5) is 42.3. The van der Waals surface area contributed by atoms with Crippen LogP contribution in [0.25, 0.3) is 0 Å². The van der Waals surface area contributed by atoms with Crippen molar-refractivity contribution in [2.75, 3.05) is 39.2 Å². The summed E-state index contributed by atoms with van der Waals surface area (Å²) in [6.07, 6.45) is 5.35. The summed E-state index contributed by atoms with van der Waals surface area (Å²) < 4.78 is 11.9. The number of carbonyl (C=O) groups excluding carboxylic acids is 3. The predicted molar refractivity (Wildman–Crippen MR) is 136 cm³/mol. The molecule has 1 aromatic carbocycles. The fourth-order valence-corrected chi connectivity index (χ4v) is 5.01. The number of fused-ring (bicyclic) bond motifs is 1. The first-order chi connectivity index (χ1) is 16.7. The minimum absolute atomic E-state index is 0.0197. The molecule has 1 fully saturated rings. The van der Waals surface area contributed by atoms with E-state index < -0.39 is 0 Å². The van der Waals surface area contributed by atoms with Gasteiger partial charge >= 0.3 is 0 Å². The van der Waals surface area contributed by atoms with Gasteiger partial charge in [0.15, 0.2) is 0 Å². The van der Waals surface area contributed by atoms with Gasteiger partial charge in [-0.05, 0) is 31.9 Å². The Bertz CT molecular complexity index is 899. The van der Waals surface area contributed by atoms with Crippen molar-refractivity contribution in [3.05, 3.63) is 23.8 Å². The third kappa shape index (κ3) is 6.75. The van der Waals surface area contributed by atoms with Crippen LogP contribution in [0.2, 0.25) is 0 Å². The molecule has 8 heteroatoms. The van der Waals surface area contributed by atoms with E-state index in [9.17, 15) is 14.4 Å². The molecule has 1 aliphatic heterocycles. The van der Waals surface area contributed by atoms with Crippen LogP contribution in [-0.4, -0.2) is 73.5 Å². The Balaban J connectivity index is 1.89. The summed E-state index contributed by atoms with van der Waals surface area (Å²) in [5.41, 5.74) is 1.03. The lowest BCUT2D eigenvalue weighted by Gasteiger charge is -2.36. The molecule has 2 aliphatic rings. The number of ether oxygens (including phenoxy) is 2. The lowest BCUT2D eigenvalue weighted by molar-refractivity contribution is -0.135. The highest BCUT2D eigenvalue weighted by Crippen LogP contribution is 2.29. The Labute approximate surface area is 209 Å². The van der Waals surface area contributed by atoms with Gasteiger partial charge in [-0.2, -0.15) is 0 Å². The molecule has 1 N–H and O–H groups in total. The highest BCUT2D eigenvalue weighted by atomic mass is 16.5. The number of rotatable bonds is 4. The highest BCUT2D eigenvalue weighted by Gasteiger charge is 2.30. The number of hydrogen-bond donors (Lipinski definition) is 1. The predicted octanol–water partition coefficient (Wildman–Crippen LogP) is 3.95. The molecule has 1 aliphatic carbocycles. The van der Waals surface area contributed by atoms with Crippen molar-refractivity contribution in [3.8, 4) is 5.75 Å². The fraction of sp³-hybridized carbons (Fsp3) is 0.667. The van der Waals surface area contributed by atoms with Gasteiger partial charge in [0.25, 0.3) is 5.91 Å². The number of amides is 3. The van der Waals surface area contributed by atoms with Crippen LogP contribution < -0.4 is 10.1 Å². The van der Waals surface area contributed by atoms with E-state index in [0.29, 0.717) is 36.5 Å². The molecule has 194 valence electrons. The summed E-state index contributed by atoms with van der Waals surface area (Å²) in [6.45, 7) is 6.99. The Morgan fingerprint density at radius 3 is 2.51 bits per heavy atom. The SMILES string of the molecule is CCC(=O)N1C[C@H](C)[C@H](OC)CN(C)C(=O)c2ccc(NC(=O)C3CCCCC3)cc2OC[C@@H]1C. The number of hydrogen-bond acceptors (Lipinski definition) is 5. The molecule has 0 bridgehead atoms. The molecule has 0 radical (unpaired) electrons. The monoisotopic (exact) mass is 487 g/mol. The zero-order valence-corrected chi connectivity index (χ0v) is 21.8. The molecular formula is C27H41N3O5. The van der Waals surface area contributed by atoms with Gasteiger partial charge in [-0.3, -0.25) is 14.4 Å². The van der Waals surface area contributed by atoms with Gasteiger partial charge in [-0.15, -0.1) is 0 Å². The smallest absolute Gasteiger partial charge is 0.257 e. The van der Waals surface area contributed by atoms with Gasteiger partial charge < -0.3 is 24.6 Å². The average Bonchev–Trinajstić information content (AvgIpc) is 2.87. The Morgan fingerprint density at radius 2 is 1.86 bits per heavy atom. The number of anilines is 1. The van der Waals surface area contributed by atoms with Gasteiger partial charge in [0.05, 0.1) is 17.7 Å². The maximum atomic E-state index is 13.3. The van der Waals surface area contributed by atoms with E-state index in [1.165, 1.54) is 6.42 Å². The standard InChI is InChI=1S/C27H41N3O5/c1-6-25(31)30-15-18(2)24(34-5)16-29(4)27(33)22-13-12-21(14-23(22)35-17-19(30)3)28-26(32)20-10-8-7-9-11-20/h12-14,18-20,24H,6-11,15-17H2,1-5H3,(H,28,32)/t18-,19-,24+/m0/s1. The molecule has 35 heavy (non-hydrogen) atoms. The second-order valence-electron chi connectivity index (χ2n) is 10.0. The molecule has 1 saturated carbocycles. The van der Waals surface area contributed by atoms with E-state index in [2.05, 4.69) is 5.32 Å². The molecular weight excluding hydrogens is 446 g/mol. The first kappa shape index (κ1) is 27.0. The zero-order chi connectivity index (χ0) is 25.5. The molecule has 0 unspecified atom stereocenters. The number of nitrogens with one attached hydrogen (secondary N) is 1. The summed E-state index contributed by atoms with van der Waals surface area (Å²) >= 11 is 0. The number of carbonyl (C=O) groups is 3. The van der Waals surface area contributed by atoms with Crippen LogP contribution in [0.15, 0.2) is 18.2 Å². The van der Waals surface area contributed by atoms with Crippen LogP contribution in [-0.2, 0) is 14.3 Å². The van der Waals surface area contributed by atoms with Crippen molar-refractivity contribution in [3.63, 3.8) is 0 Å². The Morgan fingerprint density at radius 1 is 1.14 bits per heavy atom. The van der Waals surface area contributed by atoms with Crippen molar-refractivity contribution in [2.24, 2.45) is 11.8 Å². The molecule has 3 amide bonds. The van der Waals surface area contributed by atoms with Crippen molar-refractivity contribution < 1.29 is 23.9 Å². The van der Waals surface area contributed by atoms with Crippen LogP contribution in [0.3, 0.4) is 0 Å². The molecule has 8 nitrogen and oxygen atoms in total. The normalized spacial score (nSPS) is 24.6. The summed E-state index contributed by atoms with van der Waals surface area (Å²) in [5.74, 6) is 0.365. The lowest BCUT2D eigenvalue weighted by Crippen LogP contribution is -2.48. The Hall–Kier alpha value is -2.61. The molecule has 3 rings (SSSR count). The number of methoxy groups -OCH3 is 1. The van der Waals surface area contributed by atoms with E-state index in [0.717, 1.165) is 25.7 Å². The van der Waals surface area contributed by atoms with Crippen molar-refractivity contribution in [1.29, 1.82) is 0 Å². The van der Waals surface area contributed by atoms with Gasteiger partial charge in [-0.1, -0.05) is 33.1 Å². The van der Waals surface area contributed by atoms with Crippen molar-refractivity contribution in [2.45, 2.75) is 71.4 Å². The number of likely N-dealkylation sites (N-methyl/N-ethyl adjacent to an activating group) is 1. The van der Waals surface area contributed by atoms with Crippen molar-refractivity contribution in [1.82, 2.24) is 9.80 Å². The van der Waals surface area contributed by atoms with Crippen LogP contribution >= 0.6 is 0 Å². The first-order valence-electron chi connectivity index (χ1n) is 12.9. The minimum atomic E-state index is -0.221. The maximum Gasteiger partial charge on any atom is 0.257 e. The lowest BCUT2D eigenvalue weighted by atomic mass is 9.88. The maximum absolute atomic E-state index is 13.3. The Kier molecular flexibility index (Phi) is 9.55. The van der Waals surface area contributed by atoms with Gasteiger partial charge in [0.2, 0.25) is 11.8 Å². The molecule has 1 aromatic rings. The van der Waals surface area contributed by atoms with Crippen LogP contribution in [0, 0.1) is 11.8 Å². The first-order valence-corrected chi connectivity index (χ1v) is 12.9. The third-order valence-corrected chi connectivity index (χ3v) is 7.31. The molecule has 3 atom stereocenters. The van der Waals surface area contributed by atoms with Crippen LogP contribution in [0.5, 0.6) is 5.75 Å². The minimum Gasteiger partial charge on any atom is -0.491 e. The van der Waals surface area contributed by atoms with Gasteiger partial charge in [0, 0.05) is 57.3 Å². The second kappa shape index (κ2) is 12.4. The molecule has 0 spiro atoms. The summed E-state index contributed by atoms with van der Waals surface area (Å²) in [5, 5.41) is 3.02. The summed E-state index contributed by atoms with van der Waals surface area (Å²) in [6, 6.07) is 5.00. The van der Waals surface area contributed by atoms with Crippen molar-refractivity contribution >= 4 is 23.4 Å². The van der Waals surface area contributed by atoms with E-state index in [4.69, 9.17) is 9.47 Å². The van der Waals surface area contributed by atoms with E-state index in [1.807, 2.05) is 25.7 Å². The molecule has 0 aromatic heterocycles. The van der Waals surface area contributed by atoms with E-state index >= 15 is 0 Å². The van der Waals surface area contributed by atoms with E-state index in [-0.39, 0.29) is 48.3 Å². The van der Waals surface area contributed by atoms with Crippen LogP contribution in [0.4, 0.5) is 5.69 Å². The highest BCUT2D eigenvalue weighted by molar-refractivity contribution is 5.98. The summed E-state index contributed by atoms with van der Waals surface area (Å²) in [7, 11) is 3.38. The average molecular weight is 488 g/mol. The largest absolute Gasteiger partial charge is 0.491 e. The topological polar surface area (TPSA) is 88.2 Å². The van der Waals surface area contributed by atoms with Gasteiger partial charge in [0.1, 0.15) is 12.4 Å². The molecule has 1 heterocycles. The fourth-order valence-electron chi connectivity index (χ4n) is 5.01. The van der Waals surface area contributed by atoms with Gasteiger partial charge in [-0.25, -0.2) is 0 Å². The number of nitrogens with zero attached hydrogens (tertiary/aromatic N) is 2. The third-order valence-electron chi connectivity index (χ3n) is 7.31. The number of benzene rings is 1. The second-order valence-corrected chi connectivity index (χ2v) is 10.0. The quantitative estimate of drug-likeness (QED) is 0.695. The van der Waals surface area contributed by atoms with Crippen LogP contribution in [0.1, 0.15) is 69.7 Å². The molecule has 0 saturated heterocycles.